The molecule has 4 rings (SSSR count). The lowest BCUT2D eigenvalue weighted by atomic mass is 10.0. The summed E-state index contributed by atoms with van der Waals surface area (Å²) >= 11 is 0. The van der Waals surface area contributed by atoms with E-state index in [1.807, 2.05) is 0 Å². The number of ether oxygens (including phenoxy) is 1. The number of likely N-dealkylation sites (tertiary alicyclic amines) is 1. The first-order valence-electron chi connectivity index (χ1n) is 12.0. The molecule has 1 aliphatic rings. The molecule has 1 N–H and O–H groups in total. The maximum absolute atomic E-state index is 5.92. The first-order valence-corrected chi connectivity index (χ1v) is 12.0. The fourth-order valence-corrected chi connectivity index (χ4v) is 4.51. The molecule has 3 aromatic rings. The molecule has 1 aliphatic heterocycles. The molecule has 0 unspecified atom stereocenters. The Kier molecular flexibility index (Phi) is 8.21. The predicted molar refractivity (Wildman–Crippen MR) is 134 cm³/mol. The zero-order valence-electron chi connectivity index (χ0n) is 19.7. The van der Waals surface area contributed by atoms with E-state index in [1.54, 1.807) is 0 Å². The molecule has 0 amide bonds. The lowest BCUT2D eigenvalue weighted by Gasteiger charge is -2.32. The molecular formula is C27H38N4O. The van der Waals surface area contributed by atoms with E-state index in [9.17, 15) is 0 Å². The Morgan fingerprint density at radius 2 is 1.84 bits per heavy atom. The smallest absolute Gasteiger partial charge is 0.0990 e. The van der Waals surface area contributed by atoms with Crippen LogP contribution in [-0.2, 0) is 17.7 Å². The number of rotatable bonds is 11. The number of nitrogens with one attached hydrogen (secondary N) is 1. The first-order chi connectivity index (χ1) is 15.7. The van der Waals surface area contributed by atoms with E-state index in [0.29, 0.717) is 6.04 Å². The second-order valence-electron chi connectivity index (χ2n) is 9.25. The normalized spacial score (nSPS) is 15.6. The maximum atomic E-state index is 5.92. The molecule has 32 heavy (non-hydrogen) atoms. The van der Waals surface area contributed by atoms with E-state index in [1.165, 1.54) is 28.6 Å². The van der Waals surface area contributed by atoms with Crippen molar-refractivity contribution < 1.29 is 4.74 Å². The lowest BCUT2D eigenvalue weighted by molar-refractivity contribution is 0.0189. The van der Waals surface area contributed by atoms with Gasteiger partial charge < -0.3 is 19.5 Å². The van der Waals surface area contributed by atoms with Crippen LogP contribution in [-0.4, -0.2) is 67.5 Å². The topological polar surface area (TPSA) is 32.7 Å². The molecule has 1 saturated heterocycles. The van der Waals surface area contributed by atoms with Crippen molar-refractivity contribution >= 4 is 16.6 Å². The van der Waals surface area contributed by atoms with Gasteiger partial charge in [-0.1, -0.05) is 30.3 Å². The van der Waals surface area contributed by atoms with Crippen molar-refractivity contribution in [2.75, 3.05) is 52.4 Å². The molecule has 2 aromatic carbocycles. The SMILES string of the molecule is CN(C)CCCn1ccc2cc(NC3CCN(COCCc4ccccc4)CC3)ccc21. The highest BCUT2D eigenvalue weighted by Crippen LogP contribution is 2.23. The van der Waals surface area contributed by atoms with Crippen LogP contribution >= 0.6 is 0 Å². The second-order valence-corrected chi connectivity index (χ2v) is 9.25. The van der Waals surface area contributed by atoms with E-state index < -0.39 is 0 Å². The number of nitrogens with zero attached hydrogens (tertiary/aromatic N) is 3. The molecule has 5 nitrogen and oxygen atoms in total. The molecule has 0 atom stereocenters. The van der Waals surface area contributed by atoms with Gasteiger partial charge in [0.05, 0.1) is 13.3 Å². The number of piperidine rings is 1. The van der Waals surface area contributed by atoms with Gasteiger partial charge in [-0.3, -0.25) is 4.90 Å². The van der Waals surface area contributed by atoms with Crippen molar-refractivity contribution in [3.63, 3.8) is 0 Å². The Bertz CT molecular complexity index is 945. The highest BCUT2D eigenvalue weighted by molar-refractivity contribution is 5.83. The van der Waals surface area contributed by atoms with E-state index in [-0.39, 0.29) is 0 Å². The van der Waals surface area contributed by atoms with Gasteiger partial charge in [0.15, 0.2) is 0 Å². The molecule has 2 heterocycles. The summed E-state index contributed by atoms with van der Waals surface area (Å²) in [5.74, 6) is 0. The average Bonchev–Trinajstić information content (AvgIpc) is 3.20. The maximum Gasteiger partial charge on any atom is 0.0990 e. The van der Waals surface area contributed by atoms with Gasteiger partial charge in [0.25, 0.3) is 0 Å². The zero-order valence-corrected chi connectivity index (χ0v) is 19.7. The number of aromatic nitrogens is 1. The van der Waals surface area contributed by atoms with Gasteiger partial charge >= 0.3 is 0 Å². The van der Waals surface area contributed by atoms with E-state index in [0.717, 1.165) is 58.8 Å². The minimum atomic E-state index is 0.537. The van der Waals surface area contributed by atoms with Gasteiger partial charge in [-0.05, 0) is 76.2 Å². The number of hydrogen-bond donors (Lipinski definition) is 1. The number of aryl methyl sites for hydroxylation is 1. The van der Waals surface area contributed by atoms with Crippen LogP contribution < -0.4 is 5.32 Å². The number of anilines is 1. The van der Waals surface area contributed by atoms with Gasteiger partial charge in [-0.2, -0.15) is 0 Å². The lowest BCUT2D eigenvalue weighted by Crippen LogP contribution is -2.40. The summed E-state index contributed by atoms with van der Waals surface area (Å²) in [6, 6.07) is 20.2. The third-order valence-corrected chi connectivity index (χ3v) is 6.39. The average molecular weight is 435 g/mol. The predicted octanol–water partition coefficient (Wildman–Crippen LogP) is 4.69. The Hall–Kier alpha value is -2.34. The highest BCUT2D eigenvalue weighted by atomic mass is 16.5. The highest BCUT2D eigenvalue weighted by Gasteiger charge is 2.19. The molecule has 0 radical (unpaired) electrons. The van der Waals surface area contributed by atoms with Crippen LogP contribution in [0.15, 0.2) is 60.8 Å². The van der Waals surface area contributed by atoms with Crippen LogP contribution in [0.4, 0.5) is 5.69 Å². The fraction of sp³-hybridized carbons (Fsp3) is 0.481. The largest absolute Gasteiger partial charge is 0.382 e. The second kappa shape index (κ2) is 11.5. The number of fused-ring (bicyclic) bond motifs is 1. The van der Waals surface area contributed by atoms with Gasteiger partial charge in [-0.15, -0.1) is 0 Å². The van der Waals surface area contributed by atoms with Crippen molar-refractivity contribution in [1.82, 2.24) is 14.4 Å². The van der Waals surface area contributed by atoms with Crippen LogP contribution in [0.5, 0.6) is 0 Å². The Morgan fingerprint density at radius 1 is 1.03 bits per heavy atom. The van der Waals surface area contributed by atoms with Crippen LogP contribution in [0.25, 0.3) is 10.9 Å². The fourth-order valence-electron chi connectivity index (χ4n) is 4.51. The van der Waals surface area contributed by atoms with Crippen molar-refractivity contribution in [2.24, 2.45) is 0 Å². The minimum Gasteiger partial charge on any atom is -0.382 e. The molecule has 1 aromatic heterocycles. The third-order valence-electron chi connectivity index (χ3n) is 6.39. The molecule has 5 heteroatoms. The van der Waals surface area contributed by atoms with Gasteiger partial charge in [-0.25, -0.2) is 0 Å². The van der Waals surface area contributed by atoms with Gasteiger partial charge in [0, 0.05) is 48.5 Å². The molecule has 0 saturated carbocycles. The van der Waals surface area contributed by atoms with E-state index in [4.69, 9.17) is 4.74 Å². The zero-order chi connectivity index (χ0) is 22.2. The standard InChI is InChI=1S/C27H38N4O/c1-29(2)15-6-16-31-19-11-24-21-26(9-10-27(24)31)28-25-12-17-30(18-13-25)22-32-20-14-23-7-4-3-5-8-23/h3-5,7-11,19,21,25,28H,6,12-18,20,22H2,1-2H3. The van der Waals surface area contributed by atoms with Crippen LogP contribution in [0.1, 0.15) is 24.8 Å². The minimum absolute atomic E-state index is 0.537. The number of benzene rings is 2. The first kappa shape index (κ1) is 22.8. The molecule has 0 bridgehead atoms. The quantitative estimate of drug-likeness (QED) is 0.444. The van der Waals surface area contributed by atoms with Crippen molar-refractivity contribution in [3.05, 3.63) is 66.4 Å². The Balaban J connectivity index is 1.18. The van der Waals surface area contributed by atoms with Crippen molar-refractivity contribution in [3.8, 4) is 0 Å². The Labute approximate surface area is 193 Å². The molecule has 0 aliphatic carbocycles. The summed E-state index contributed by atoms with van der Waals surface area (Å²) in [7, 11) is 4.27. The summed E-state index contributed by atoms with van der Waals surface area (Å²) in [5.41, 5.74) is 3.91. The molecular weight excluding hydrogens is 396 g/mol. The van der Waals surface area contributed by atoms with Crippen LogP contribution in [0, 0.1) is 0 Å². The van der Waals surface area contributed by atoms with E-state index in [2.05, 4.69) is 94.6 Å². The monoisotopic (exact) mass is 434 g/mol. The number of hydrogen-bond acceptors (Lipinski definition) is 4. The van der Waals surface area contributed by atoms with Crippen molar-refractivity contribution in [1.29, 1.82) is 0 Å². The third kappa shape index (κ3) is 6.58. The molecule has 1 fully saturated rings. The summed E-state index contributed by atoms with van der Waals surface area (Å²) in [4.78, 5) is 4.68. The summed E-state index contributed by atoms with van der Waals surface area (Å²) < 4.78 is 8.30. The molecule has 0 spiro atoms. The Morgan fingerprint density at radius 3 is 2.62 bits per heavy atom. The van der Waals surface area contributed by atoms with Crippen LogP contribution in [0.2, 0.25) is 0 Å². The molecule has 172 valence electrons. The van der Waals surface area contributed by atoms with Gasteiger partial charge in [0.1, 0.15) is 0 Å². The summed E-state index contributed by atoms with van der Waals surface area (Å²) in [6.07, 6.45) is 6.70. The van der Waals surface area contributed by atoms with Crippen LogP contribution in [0.3, 0.4) is 0 Å². The summed E-state index contributed by atoms with van der Waals surface area (Å²) in [6.45, 7) is 5.90. The van der Waals surface area contributed by atoms with E-state index >= 15 is 0 Å². The summed E-state index contributed by atoms with van der Waals surface area (Å²) in [5, 5.41) is 5.09. The van der Waals surface area contributed by atoms with Crippen molar-refractivity contribution in [2.45, 2.75) is 38.3 Å². The van der Waals surface area contributed by atoms with Gasteiger partial charge in [0.2, 0.25) is 0 Å².